The van der Waals surface area contributed by atoms with Gasteiger partial charge in [0.25, 0.3) is 0 Å². The molecule has 2 aliphatic rings. The first-order valence-corrected chi connectivity index (χ1v) is 6.48. The van der Waals surface area contributed by atoms with Gasteiger partial charge < -0.3 is 9.40 Å². The third-order valence-electron chi connectivity index (χ3n) is 3.50. The summed E-state index contributed by atoms with van der Waals surface area (Å²) < 4.78 is 3.57. The summed E-state index contributed by atoms with van der Waals surface area (Å²) in [6.07, 6.45) is 1.92. The lowest BCUT2D eigenvalue weighted by atomic mass is 9.99. The van der Waals surface area contributed by atoms with E-state index in [2.05, 4.69) is 0 Å². The highest BCUT2D eigenvalue weighted by Gasteiger charge is 2.46. The first-order chi connectivity index (χ1) is 9.08. The summed E-state index contributed by atoms with van der Waals surface area (Å²) in [6, 6.07) is 3.28. The Morgan fingerprint density at radius 1 is 1.53 bits per heavy atom. The number of carbonyl (C=O) groups is 2. The third-order valence-corrected chi connectivity index (χ3v) is 3.87. The standard InChI is InChI=1S/C12H14ClN3O3/c1-8(17)19-16-7-9-3-2-5-14(9)12-11(16)10(18)4-6-15(12)13/h2-3,5,11-12H,4,6-7H2,1H3. The molecule has 2 unspecified atom stereocenters. The zero-order chi connectivity index (χ0) is 13.6. The van der Waals surface area contributed by atoms with E-state index >= 15 is 0 Å². The van der Waals surface area contributed by atoms with Crippen LogP contribution >= 0.6 is 11.8 Å². The smallest absolute Gasteiger partial charge is 0.322 e. The van der Waals surface area contributed by atoms with E-state index < -0.39 is 12.0 Å². The van der Waals surface area contributed by atoms with Gasteiger partial charge in [-0.3, -0.25) is 9.59 Å². The summed E-state index contributed by atoms with van der Waals surface area (Å²) in [4.78, 5) is 28.5. The minimum atomic E-state index is -0.546. The number of hydroxylamine groups is 2. The largest absolute Gasteiger partial charge is 0.367 e. The third kappa shape index (κ3) is 2.05. The minimum Gasteiger partial charge on any atom is -0.367 e. The molecule has 0 aromatic carbocycles. The van der Waals surface area contributed by atoms with Crippen molar-refractivity contribution in [1.29, 1.82) is 0 Å². The predicted octanol–water partition coefficient (Wildman–Crippen LogP) is 1.08. The number of fused-ring (bicyclic) bond motifs is 3. The maximum Gasteiger partial charge on any atom is 0.322 e. The van der Waals surface area contributed by atoms with Crippen LogP contribution in [0, 0.1) is 0 Å². The molecule has 3 heterocycles. The van der Waals surface area contributed by atoms with Gasteiger partial charge in [-0.1, -0.05) is 0 Å². The molecule has 1 aromatic rings. The van der Waals surface area contributed by atoms with Crippen LogP contribution in [0.25, 0.3) is 0 Å². The van der Waals surface area contributed by atoms with Crippen LogP contribution in [0.3, 0.4) is 0 Å². The Bertz CT molecular complexity index is 530. The number of piperidine rings is 1. The number of halogens is 1. The lowest BCUT2D eigenvalue weighted by Gasteiger charge is -2.45. The highest BCUT2D eigenvalue weighted by molar-refractivity contribution is 6.14. The van der Waals surface area contributed by atoms with Crippen molar-refractivity contribution in [1.82, 2.24) is 14.0 Å². The maximum absolute atomic E-state index is 12.2. The Hall–Kier alpha value is -1.37. The molecule has 2 atom stereocenters. The van der Waals surface area contributed by atoms with E-state index in [0.717, 1.165) is 5.69 Å². The van der Waals surface area contributed by atoms with E-state index in [1.54, 1.807) is 4.42 Å². The van der Waals surface area contributed by atoms with Crippen LogP contribution in [0.2, 0.25) is 0 Å². The van der Waals surface area contributed by atoms with Gasteiger partial charge in [-0.25, -0.2) is 0 Å². The Morgan fingerprint density at radius 3 is 3.05 bits per heavy atom. The normalized spacial score (nSPS) is 27.8. The second kappa shape index (κ2) is 4.63. The van der Waals surface area contributed by atoms with Crippen molar-refractivity contribution < 1.29 is 14.4 Å². The average Bonchev–Trinajstić information content (AvgIpc) is 2.80. The van der Waals surface area contributed by atoms with Crippen molar-refractivity contribution in [2.75, 3.05) is 6.54 Å². The second-order valence-electron chi connectivity index (χ2n) is 4.76. The number of ketones is 1. The highest BCUT2D eigenvalue weighted by Crippen LogP contribution is 2.35. The van der Waals surface area contributed by atoms with Crippen LogP contribution < -0.4 is 0 Å². The number of nitrogens with zero attached hydrogens (tertiary/aromatic N) is 3. The average molecular weight is 284 g/mol. The molecule has 0 amide bonds. The van der Waals surface area contributed by atoms with Crippen LogP contribution in [-0.2, 0) is 21.0 Å². The van der Waals surface area contributed by atoms with Crippen LogP contribution in [0.1, 0.15) is 25.2 Å². The molecular formula is C12H14ClN3O3. The molecular weight excluding hydrogens is 270 g/mol. The lowest BCUT2D eigenvalue weighted by Crippen LogP contribution is -2.57. The van der Waals surface area contributed by atoms with Gasteiger partial charge in [-0.05, 0) is 23.9 Å². The Kier molecular flexibility index (Phi) is 3.08. The molecule has 0 saturated carbocycles. The summed E-state index contributed by atoms with van der Waals surface area (Å²) >= 11 is 6.24. The molecule has 0 radical (unpaired) electrons. The molecule has 0 spiro atoms. The fourth-order valence-electron chi connectivity index (χ4n) is 2.75. The van der Waals surface area contributed by atoms with Gasteiger partial charge in [0.1, 0.15) is 12.2 Å². The van der Waals surface area contributed by atoms with E-state index in [0.29, 0.717) is 19.5 Å². The summed E-state index contributed by atoms with van der Waals surface area (Å²) in [5.74, 6) is -0.388. The molecule has 1 aromatic heterocycles. The Balaban J connectivity index is 2.02. The molecule has 1 saturated heterocycles. The number of aromatic nitrogens is 1. The minimum absolute atomic E-state index is 0.0440. The molecule has 19 heavy (non-hydrogen) atoms. The van der Waals surface area contributed by atoms with Crippen molar-refractivity contribution in [3.63, 3.8) is 0 Å². The number of hydrogen-bond donors (Lipinski definition) is 0. The van der Waals surface area contributed by atoms with Gasteiger partial charge in [0.2, 0.25) is 0 Å². The molecule has 0 N–H and O–H groups in total. The number of carbonyl (C=O) groups excluding carboxylic acids is 2. The fraction of sp³-hybridized carbons (Fsp3) is 0.500. The first kappa shape index (κ1) is 12.7. The summed E-state index contributed by atoms with van der Waals surface area (Å²) in [7, 11) is 0. The van der Waals surface area contributed by atoms with Gasteiger partial charge >= 0.3 is 5.97 Å². The van der Waals surface area contributed by atoms with Crippen molar-refractivity contribution >= 4 is 23.5 Å². The van der Waals surface area contributed by atoms with Crippen LogP contribution in [0.15, 0.2) is 18.3 Å². The number of Topliss-reactive ketones (excluding diaryl/α,β-unsaturated/α-hetero) is 1. The Morgan fingerprint density at radius 2 is 2.32 bits per heavy atom. The summed E-state index contributed by atoms with van der Waals surface area (Å²) in [6.45, 7) is 2.21. The molecule has 7 heteroatoms. The molecule has 6 nitrogen and oxygen atoms in total. The van der Waals surface area contributed by atoms with E-state index in [-0.39, 0.29) is 11.9 Å². The van der Waals surface area contributed by atoms with Gasteiger partial charge in [-0.2, -0.15) is 4.42 Å². The van der Waals surface area contributed by atoms with E-state index in [1.165, 1.54) is 12.0 Å². The summed E-state index contributed by atoms with van der Waals surface area (Å²) in [5.41, 5.74) is 0.961. The predicted molar refractivity (Wildman–Crippen MR) is 66.7 cm³/mol. The summed E-state index contributed by atoms with van der Waals surface area (Å²) in [5, 5.41) is 1.44. The number of rotatable bonds is 1. The van der Waals surface area contributed by atoms with Crippen molar-refractivity contribution in [3.05, 3.63) is 24.0 Å². The molecule has 3 rings (SSSR count). The van der Waals surface area contributed by atoms with Crippen LogP contribution in [0.4, 0.5) is 0 Å². The SMILES string of the molecule is CC(=O)ON1Cc2cccn2C2C1C(=O)CCN2Cl. The Labute approximate surface area is 115 Å². The zero-order valence-corrected chi connectivity index (χ0v) is 11.2. The quantitative estimate of drug-likeness (QED) is 0.722. The first-order valence-electron chi connectivity index (χ1n) is 6.14. The molecule has 0 aliphatic carbocycles. The molecule has 102 valence electrons. The van der Waals surface area contributed by atoms with Gasteiger partial charge in [0.05, 0.1) is 6.54 Å². The topological polar surface area (TPSA) is 54.8 Å². The highest BCUT2D eigenvalue weighted by atomic mass is 35.5. The van der Waals surface area contributed by atoms with Gasteiger partial charge in [-0.15, -0.1) is 5.06 Å². The molecule has 2 aliphatic heterocycles. The zero-order valence-electron chi connectivity index (χ0n) is 10.5. The fourth-order valence-corrected chi connectivity index (χ4v) is 3.03. The van der Waals surface area contributed by atoms with Crippen LogP contribution in [0.5, 0.6) is 0 Å². The van der Waals surface area contributed by atoms with Crippen molar-refractivity contribution in [2.45, 2.75) is 32.1 Å². The number of hydrogen-bond acceptors (Lipinski definition) is 5. The molecule has 1 fully saturated rings. The van der Waals surface area contributed by atoms with Gasteiger partial charge in [0, 0.05) is 31.8 Å². The van der Waals surface area contributed by atoms with E-state index in [1.807, 2.05) is 22.9 Å². The van der Waals surface area contributed by atoms with Crippen molar-refractivity contribution in [3.8, 4) is 0 Å². The molecule has 0 bridgehead atoms. The van der Waals surface area contributed by atoms with E-state index in [4.69, 9.17) is 16.6 Å². The maximum atomic E-state index is 12.2. The van der Waals surface area contributed by atoms with Crippen LogP contribution in [-0.4, -0.2) is 38.4 Å². The monoisotopic (exact) mass is 283 g/mol. The van der Waals surface area contributed by atoms with Crippen molar-refractivity contribution in [2.24, 2.45) is 0 Å². The van der Waals surface area contributed by atoms with E-state index in [9.17, 15) is 9.59 Å². The second-order valence-corrected chi connectivity index (χ2v) is 5.20. The lowest BCUT2D eigenvalue weighted by molar-refractivity contribution is -0.219. The van der Waals surface area contributed by atoms with Gasteiger partial charge in [0.15, 0.2) is 5.78 Å².